The first kappa shape index (κ1) is 13.8. The maximum Gasteiger partial charge on any atom is 0.251 e. The fourth-order valence-corrected chi connectivity index (χ4v) is 2.13. The van der Waals surface area contributed by atoms with Crippen LogP contribution < -0.4 is 10.6 Å². The second-order valence-electron chi connectivity index (χ2n) is 5.84. The highest BCUT2D eigenvalue weighted by atomic mass is 16.1. The second kappa shape index (κ2) is 5.19. The highest BCUT2D eigenvalue weighted by molar-refractivity contribution is 5.95. The quantitative estimate of drug-likeness (QED) is 0.856. The van der Waals surface area contributed by atoms with Crippen LogP contribution in [0.2, 0.25) is 0 Å². The Bertz CT molecular complexity index is 482. The van der Waals surface area contributed by atoms with Crippen molar-refractivity contribution >= 4 is 11.7 Å². The van der Waals surface area contributed by atoms with E-state index < -0.39 is 0 Å². The van der Waals surface area contributed by atoms with Crippen LogP contribution in [-0.4, -0.2) is 23.5 Å². The van der Waals surface area contributed by atoms with E-state index in [1.165, 1.54) is 0 Å². The van der Waals surface area contributed by atoms with Gasteiger partial charge in [-0.25, -0.2) is 4.98 Å². The molecule has 0 aromatic carbocycles. The molecule has 0 aliphatic heterocycles. The number of hydrogen-bond donors (Lipinski definition) is 2. The lowest BCUT2D eigenvalue weighted by Gasteiger charge is -2.10. The van der Waals surface area contributed by atoms with Crippen molar-refractivity contribution in [3.63, 3.8) is 0 Å². The Balaban J connectivity index is 2.13. The van der Waals surface area contributed by atoms with Crippen LogP contribution in [0.4, 0.5) is 5.82 Å². The molecule has 0 spiro atoms. The summed E-state index contributed by atoms with van der Waals surface area (Å²) in [5.41, 5.74) is 1.89. The van der Waals surface area contributed by atoms with Gasteiger partial charge >= 0.3 is 0 Å². The fraction of sp³-hybridized carbons (Fsp3) is 0.600. The molecule has 104 valence electrons. The topological polar surface area (TPSA) is 54.0 Å². The monoisotopic (exact) mass is 261 g/mol. The van der Waals surface area contributed by atoms with E-state index in [0.717, 1.165) is 30.9 Å². The minimum Gasteiger partial charge on any atom is -0.370 e. The van der Waals surface area contributed by atoms with Crippen LogP contribution in [-0.2, 0) is 6.42 Å². The number of nitrogens with zero attached hydrogens (tertiary/aromatic N) is 1. The molecular weight excluding hydrogens is 238 g/mol. The number of rotatable bonds is 5. The number of carbonyl (C=O) groups excluding carboxylic acids is 1. The minimum atomic E-state index is 0.00632. The number of carbonyl (C=O) groups is 1. The highest BCUT2D eigenvalue weighted by Crippen LogP contribution is 2.44. The van der Waals surface area contributed by atoms with Crippen molar-refractivity contribution in [2.45, 2.75) is 46.6 Å². The van der Waals surface area contributed by atoms with Crippen molar-refractivity contribution in [1.82, 2.24) is 10.3 Å². The molecule has 4 nitrogen and oxygen atoms in total. The van der Waals surface area contributed by atoms with Gasteiger partial charge in [-0.15, -0.1) is 0 Å². The molecule has 1 unspecified atom stereocenters. The number of pyridine rings is 1. The van der Waals surface area contributed by atoms with E-state index in [1.54, 1.807) is 0 Å². The normalized spacial score (nSPS) is 19.9. The Morgan fingerprint density at radius 1 is 1.42 bits per heavy atom. The van der Waals surface area contributed by atoms with Crippen LogP contribution >= 0.6 is 0 Å². The summed E-state index contributed by atoms with van der Waals surface area (Å²) in [5, 5.41) is 6.26. The smallest absolute Gasteiger partial charge is 0.251 e. The molecule has 4 heteroatoms. The van der Waals surface area contributed by atoms with Crippen LogP contribution in [0.3, 0.4) is 0 Å². The predicted molar refractivity (Wildman–Crippen MR) is 77.4 cm³/mol. The van der Waals surface area contributed by atoms with E-state index in [2.05, 4.69) is 29.5 Å². The third-order valence-corrected chi connectivity index (χ3v) is 3.68. The van der Waals surface area contributed by atoms with Gasteiger partial charge in [0, 0.05) is 23.8 Å². The van der Waals surface area contributed by atoms with Crippen molar-refractivity contribution in [2.24, 2.45) is 5.41 Å². The Morgan fingerprint density at radius 3 is 2.63 bits per heavy atom. The van der Waals surface area contributed by atoms with Gasteiger partial charge in [0.25, 0.3) is 5.91 Å². The molecule has 1 fully saturated rings. The van der Waals surface area contributed by atoms with Crippen molar-refractivity contribution in [3.05, 3.63) is 23.4 Å². The van der Waals surface area contributed by atoms with Crippen molar-refractivity contribution in [3.8, 4) is 0 Å². The summed E-state index contributed by atoms with van der Waals surface area (Å²) in [7, 11) is 0. The van der Waals surface area contributed by atoms with E-state index in [0.29, 0.717) is 11.6 Å². The van der Waals surface area contributed by atoms with Gasteiger partial charge in [-0.3, -0.25) is 4.79 Å². The summed E-state index contributed by atoms with van der Waals surface area (Å²) in [6, 6.07) is 4.01. The van der Waals surface area contributed by atoms with Gasteiger partial charge in [0.15, 0.2) is 0 Å². The first-order valence-corrected chi connectivity index (χ1v) is 7.02. The lowest BCUT2D eigenvalue weighted by molar-refractivity contribution is 0.0946. The first-order valence-electron chi connectivity index (χ1n) is 7.02. The number of anilines is 1. The van der Waals surface area contributed by atoms with Gasteiger partial charge in [0.1, 0.15) is 5.82 Å². The van der Waals surface area contributed by atoms with Crippen molar-refractivity contribution in [1.29, 1.82) is 0 Å². The zero-order valence-corrected chi connectivity index (χ0v) is 12.2. The van der Waals surface area contributed by atoms with Crippen LogP contribution in [0.5, 0.6) is 0 Å². The van der Waals surface area contributed by atoms with Gasteiger partial charge in [0.05, 0.1) is 0 Å². The van der Waals surface area contributed by atoms with Crippen LogP contribution in [0.1, 0.15) is 50.2 Å². The lowest BCUT2D eigenvalue weighted by atomic mass is 10.1. The zero-order valence-electron chi connectivity index (χ0n) is 12.2. The molecule has 1 aliphatic carbocycles. The maximum absolute atomic E-state index is 12.2. The van der Waals surface area contributed by atoms with Crippen LogP contribution in [0, 0.1) is 5.41 Å². The average Bonchev–Trinajstić information content (AvgIpc) is 2.96. The number of aromatic nitrogens is 1. The van der Waals surface area contributed by atoms with Crippen molar-refractivity contribution in [2.75, 3.05) is 11.9 Å². The lowest BCUT2D eigenvalue weighted by Crippen LogP contribution is -2.28. The Morgan fingerprint density at radius 2 is 2.11 bits per heavy atom. The van der Waals surface area contributed by atoms with Crippen LogP contribution in [0.25, 0.3) is 0 Å². The third kappa shape index (κ3) is 3.25. The molecule has 1 saturated carbocycles. The summed E-state index contributed by atoms with van der Waals surface area (Å²) in [5.74, 6) is 0.786. The molecule has 0 bridgehead atoms. The molecule has 1 atom stereocenters. The number of hydrogen-bond acceptors (Lipinski definition) is 3. The van der Waals surface area contributed by atoms with Crippen molar-refractivity contribution < 1.29 is 4.79 Å². The number of aryl methyl sites for hydroxylation is 1. The molecule has 1 heterocycles. The highest BCUT2D eigenvalue weighted by Gasteiger charge is 2.46. The summed E-state index contributed by atoms with van der Waals surface area (Å²) in [6.07, 6.45) is 1.89. The fourth-order valence-electron chi connectivity index (χ4n) is 2.13. The second-order valence-corrected chi connectivity index (χ2v) is 5.84. The van der Waals surface area contributed by atoms with Gasteiger partial charge in [0.2, 0.25) is 0 Å². The zero-order chi connectivity index (χ0) is 14.0. The van der Waals surface area contributed by atoms with E-state index in [4.69, 9.17) is 0 Å². The van der Waals surface area contributed by atoms with Crippen LogP contribution in [0.15, 0.2) is 12.1 Å². The van der Waals surface area contributed by atoms with Gasteiger partial charge in [-0.2, -0.15) is 0 Å². The number of nitrogens with one attached hydrogen (secondary N) is 2. The molecule has 19 heavy (non-hydrogen) atoms. The largest absolute Gasteiger partial charge is 0.370 e. The number of amides is 1. The molecule has 1 aromatic heterocycles. The molecule has 2 rings (SSSR count). The maximum atomic E-state index is 12.2. The third-order valence-electron chi connectivity index (χ3n) is 3.68. The summed E-state index contributed by atoms with van der Waals surface area (Å²) < 4.78 is 0. The van der Waals surface area contributed by atoms with E-state index in [-0.39, 0.29) is 11.3 Å². The molecule has 0 saturated heterocycles. The van der Waals surface area contributed by atoms with Gasteiger partial charge in [-0.05, 0) is 37.3 Å². The molecular formula is C15H23N3O. The summed E-state index contributed by atoms with van der Waals surface area (Å²) >= 11 is 0. The molecule has 2 N–H and O–H groups in total. The standard InChI is InChI=1S/C15H23N3O/c1-5-11-7-10(8-13(17-11)16-6-2)14(19)18-12-9-15(12,3)4/h7-8,12H,5-6,9H2,1-4H3,(H,16,17)(H,18,19). The first-order chi connectivity index (χ1) is 8.96. The van der Waals surface area contributed by atoms with E-state index in [9.17, 15) is 4.79 Å². The molecule has 1 aliphatic rings. The summed E-state index contributed by atoms with van der Waals surface area (Å²) in [6.45, 7) is 9.21. The molecule has 0 radical (unpaired) electrons. The Hall–Kier alpha value is -1.58. The molecule has 1 aromatic rings. The average molecular weight is 261 g/mol. The van der Waals surface area contributed by atoms with Gasteiger partial charge < -0.3 is 10.6 Å². The molecule has 1 amide bonds. The Kier molecular flexibility index (Phi) is 3.78. The summed E-state index contributed by atoms with van der Waals surface area (Å²) in [4.78, 5) is 16.7. The van der Waals surface area contributed by atoms with Gasteiger partial charge in [-0.1, -0.05) is 20.8 Å². The van der Waals surface area contributed by atoms with E-state index >= 15 is 0 Å². The SMILES string of the molecule is CCNc1cc(C(=O)NC2CC2(C)C)cc(CC)n1. The van der Waals surface area contributed by atoms with E-state index in [1.807, 2.05) is 26.0 Å². The Labute approximate surface area is 115 Å². The minimum absolute atomic E-state index is 0.00632. The predicted octanol–water partition coefficient (Wildman–Crippen LogP) is 2.60.